The molecule has 1 aromatic rings. The Bertz CT molecular complexity index is 443. The number of nitrogens with one attached hydrogen (secondary N) is 2. The Balaban J connectivity index is 2.51. The molecule has 1 atom stereocenters. The zero-order valence-electron chi connectivity index (χ0n) is 12.0. The van der Waals surface area contributed by atoms with E-state index in [1.807, 2.05) is 24.3 Å². The minimum Gasteiger partial charge on any atom is -0.480 e. The number of urea groups is 1. The molecule has 1 aromatic carbocycles. The molecule has 5 nitrogen and oxygen atoms in total. The number of aliphatic carboxylic acids is 1. The number of hydrogen-bond donors (Lipinski definition) is 3. The number of aryl methyl sites for hydroxylation is 1. The fourth-order valence-electron chi connectivity index (χ4n) is 1.80. The molecule has 0 aliphatic carbocycles. The first kappa shape index (κ1) is 16.0. The molecule has 0 heterocycles. The number of benzene rings is 1. The van der Waals surface area contributed by atoms with Gasteiger partial charge in [0.15, 0.2) is 0 Å². The molecule has 0 bridgehead atoms. The van der Waals surface area contributed by atoms with Crippen molar-refractivity contribution in [2.45, 2.75) is 45.6 Å². The Labute approximate surface area is 119 Å². The highest BCUT2D eigenvalue weighted by Crippen LogP contribution is 2.11. The Morgan fingerprint density at radius 3 is 2.35 bits per heavy atom. The topological polar surface area (TPSA) is 78.4 Å². The number of carbonyl (C=O) groups excluding carboxylic acids is 1. The van der Waals surface area contributed by atoms with Gasteiger partial charge in [0.05, 0.1) is 0 Å². The van der Waals surface area contributed by atoms with E-state index in [-0.39, 0.29) is 0 Å². The van der Waals surface area contributed by atoms with Gasteiger partial charge in [0.1, 0.15) is 6.04 Å². The number of carboxylic acids is 1. The third kappa shape index (κ3) is 5.30. The van der Waals surface area contributed by atoms with E-state index in [2.05, 4.69) is 17.6 Å². The molecule has 3 N–H and O–H groups in total. The lowest BCUT2D eigenvalue weighted by Gasteiger charge is -2.13. The summed E-state index contributed by atoms with van der Waals surface area (Å²) in [5.74, 6) is -1.03. The van der Waals surface area contributed by atoms with E-state index in [1.54, 1.807) is 6.92 Å². The highest BCUT2D eigenvalue weighted by atomic mass is 16.4. The van der Waals surface area contributed by atoms with Crippen LogP contribution in [0.5, 0.6) is 0 Å². The number of carbonyl (C=O) groups is 2. The molecule has 110 valence electrons. The van der Waals surface area contributed by atoms with Crippen LogP contribution in [0.4, 0.5) is 10.5 Å². The highest BCUT2D eigenvalue weighted by molar-refractivity contribution is 5.92. The van der Waals surface area contributed by atoms with Gasteiger partial charge in [0.25, 0.3) is 0 Å². The first-order chi connectivity index (χ1) is 9.56. The zero-order chi connectivity index (χ0) is 15.0. The van der Waals surface area contributed by atoms with Crippen LogP contribution in [-0.2, 0) is 11.2 Å². The summed E-state index contributed by atoms with van der Waals surface area (Å²) in [6.45, 7) is 3.86. The van der Waals surface area contributed by atoms with E-state index >= 15 is 0 Å². The summed E-state index contributed by atoms with van der Waals surface area (Å²) in [5, 5.41) is 13.9. The third-order valence-electron chi connectivity index (χ3n) is 3.04. The number of carboxylic acid groups (broad SMARTS) is 1. The van der Waals surface area contributed by atoms with Crippen LogP contribution in [0.2, 0.25) is 0 Å². The second-order valence-electron chi connectivity index (χ2n) is 4.70. The molecular weight excluding hydrogens is 256 g/mol. The van der Waals surface area contributed by atoms with Crippen molar-refractivity contribution in [3.63, 3.8) is 0 Å². The van der Waals surface area contributed by atoms with Gasteiger partial charge in [-0.1, -0.05) is 32.4 Å². The number of rotatable bonds is 7. The van der Waals surface area contributed by atoms with Crippen LogP contribution in [0.3, 0.4) is 0 Å². The van der Waals surface area contributed by atoms with E-state index < -0.39 is 18.0 Å². The van der Waals surface area contributed by atoms with Crippen molar-refractivity contribution in [2.75, 3.05) is 5.32 Å². The van der Waals surface area contributed by atoms with E-state index in [9.17, 15) is 9.59 Å². The molecule has 5 heteroatoms. The van der Waals surface area contributed by atoms with Gasteiger partial charge in [-0.3, -0.25) is 0 Å². The van der Waals surface area contributed by atoms with Crippen molar-refractivity contribution in [1.29, 1.82) is 0 Å². The van der Waals surface area contributed by atoms with E-state index in [0.717, 1.165) is 19.3 Å². The summed E-state index contributed by atoms with van der Waals surface area (Å²) >= 11 is 0. The Kier molecular flexibility index (Phi) is 6.56. The Morgan fingerprint density at radius 1 is 1.20 bits per heavy atom. The zero-order valence-corrected chi connectivity index (χ0v) is 12.0. The number of amides is 2. The predicted molar refractivity (Wildman–Crippen MR) is 78.9 cm³/mol. The highest BCUT2D eigenvalue weighted by Gasteiger charge is 2.17. The minimum atomic E-state index is -1.03. The summed E-state index contributed by atoms with van der Waals surface area (Å²) in [4.78, 5) is 22.5. The summed E-state index contributed by atoms with van der Waals surface area (Å²) in [7, 11) is 0. The van der Waals surface area contributed by atoms with Gasteiger partial charge in [-0.2, -0.15) is 0 Å². The summed E-state index contributed by atoms with van der Waals surface area (Å²) in [6, 6.07) is 6.23. The van der Waals surface area contributed by atoms with Crippen LogP contribution >= 0.6 is 0 Å². The van der Waals surface area contributed by atoms with Crippen LogP contribution in [-0.4, -0.2) is 23.1 Å². The molecule has 0 aliphatic heterocycles. The van der Waals surface area contributed by atoms with Gasteiger partial charge in [0.2, 0.25) is 0 Å². The fraction of sp³-hybridized carbons (Fsp3) is 0.467. The molecule has 0 unspecified atom stereocenters. The summed E-state index contributed by atoms with van der Waals surface area (Å²) in [6.07, 6.45) is 3.67. The molecular formula is C15H22N2O3. The van der Waals surface area contributed by atoms with Crippen LogP contribution in [0, 0.1) is 0 Å². The largest absolute Gasteiger partial charge is 0.480 e. The van der Waals surface area contributed by atoms with Crippen LogP contribution in [0.15, 0.2) is 24.3 Å². The summed E-state index contributed by atoms with van der Waals surface area (Å²) < 4.78 is 0. The molecule has 20 heavy (non-hydrogen) atoms. The van der Waals surface area contributed by atoms with Gasteiger partial charge in [-0.15, -0.1) is 0 Å². The van der Waals surface area contributed by atoms with Crippen molar-refractivity contribution in [2.24, 2.45) is 0 Å². The average Bonchev–Trinajstić information content (AvgIpc) is 2.43. The monoisotopic (exact) mass is 278 g/mol. The molecule has 0 spiro atoms. The molecule has 2 amide bonds. The molecule has 0 fully saturated rings. The number of unbranched alkanes of at least 4 members (excludes halogenated alkanes) is 1. The van der Waals surface area contributed by atoms with E-state index in [1.165, 1.54) is 5.56 Å². The Morgan fingerprint density at radius 2 is 1.85 bits per heavy atom. The molecule has 0 saturated carbocycles. The maximum absolute atomic E-state index is 11.7. The second kappa shape index (κ2) is 8.19. The maximum atomic E-state index is 11.7. The van der Waals surface area contributed by atoms with Crippen LogP contribution in [0.1, 0.15) is 38.7 Å². The van der Waals surface area contributed by atoms with Gasteiger partial charge in [0, 0.05) is 5.69 Å². The molecule has 0 saturated heterocycles. The maximum Gasteiger partial charge on any atom is 0.326 e. The van der Waals surface area contributed by atoms with Gasteiger partial charge < -0.3 is 15.7 Å². The van der Waals surface area contributed by atoms with Crippen molar-refractivity contribution in [1.82, 2.24) is 5.32 Å². The van der Waals surface area contributed by atoms with E-state index in [0.29, 0.717) is 12.1 Å². The first-order valence-corrected chi connectivity index (χ1v) is 6.96. The van der Waals surface area contributed by atoms with Crippen molar-refractivity contribution >= 4 is 17.7 Å². The first-order valence-electron chi connectivity index (χ1n) is 6.96. The standard InChI is InChI=1S/C15H22N2O3/c1-3-5-6-11-7-9-12(10-8-11)16-15(20)17-13(4-2)14(18)19/h7-10,13H,3-6H2,1-2H3,(H,18,19)(H2,16,17,20)/t13-/m0/s1. The van der Waals surface area contributed by atoms with Crippen molar-refractivity contribution in [3.05, 3.63) is 29.8 Å². The lowest BCUT2D eigenvalue weighted by molar-refractivity contribution is -0.139. The predicted octanol–water partition coefficient (Wildman–Crippen LogP) is 3.01. The van der Waals surface area contributed by atoms with Gasteiger partial charge in [-0.05, 0) is 37.0 Å². The summed E-state index contributed by atoms with van der Waals surface area (Å²) in [5.41, 5.74) is 1.89. The normalized spacial score (nSPS) is 11.7. The van der Waals surface area contributed by atoms with Crippen LogP contribution < -0.4 is 10.6 Å². The SMILES string of the molecule is CCCCc1ccc(NC(=O)N[C@@H](CC)C(=O)O)cc1. The lowest BCUT2D eigenvalue weighted by atomic mass is 10.1. The van der Waals surface area contributed by atoms with Gasteiger partial charge in [-0.25, -0.2) is 9.59 Å². The average molecular weight is 278 g/mol. The quantitative estimate of drug-likeness (QED) is 0.717. The fourth-order valence-corrected chi connectivity index (χ4v) is 1.80. The minimum absolute atomic E-state index is 0.346. The van der Waals surface area contributed by atoms with E-state index in [4.69, 9.17) is 5.11 Å². The molecule has 0 radical (unpaired) electrons. The van der Waals surface area contributed by atoms with Crippen molar-refractivity contribution < 1.29 is 14.7 Å². The molecule has 0 aliphatic rings. The molecule has 1 rings (SSSR count). The van der Waals surface area contributed by atoms with Gasteiger partial charge >= 0.3 is 12.0 Å². The second-order valence-corrected chi connectivity index (χ2v) is 4.70. The third-order valence-corrected chi connectivity index (χ3v) is 3.04. The number of anilines is 1. The van der Waals surface area contributed by atoms with Crippen molar-refractivity contribution in [3.8, 4) is 0 Å². The van der Waals surface area contributed by atoms with Crippen LogP contribution in [0.25, 0.3) is 0 Å². The molecule has 0 aromatic heterocycles. The number of hydrogen-bond acceptors (Lipinski definition) is 2. The Hall–Kier alpha value is -2.04. The lowest BCUT2D eigenvalue weighted by Crippen LogP contribution is -2.42. The smallest absolute Gasteiger partial charge is 0.326 e.